The van der Waals surface area contributed by atoms with Crippen molar-refractivity contribution in [3.05, 3.63) is 52.0 Å². The summed E-state index contributed by atoms with van der Waals surface area (Å²) in [6.45, 7) is 2.22. The molecular formula is C18H17N3OS2. The number of aromatic nitrogens is 1. The van der Waals surface area contributed by atoms with E-state index in [2.05, 4.69) is 15.6 Å². The van der Waals surface area contributed by atoms with E-state index in [1.807, 2.05) is 41.8 Å². The van der Waals surface area contributed by atoms with Crippen LogP contribution in [0.2, 0.25) is 0 Å². The summed E-state index contributed by atoms with van der Waals surface area (Å²) < 4.78 is 0. The fourth-order valence-corrected chi connectivity index (χ4v) is 4.28. The molecule has 0 unspecified atom stereocenters. The van der Waals surface area contributed by atoms with Crippen LogP contribution in [-0.2, 0) is 0 Å². The van der Waals surface area contributed by atoms with Gasteiger partial charge in [0.05, 0.1) is 10.6 Å². The van der Waals surface area contributed by atoms with Crippen molar-refractivity contribution in [2.75, 3.05) is 23.3 Å². The molecule has 0 atom stereocenters. The second kappa shape index (κ2) is 6.75. The molecule has 1 saturated heterocycles. The molecule has 1 aliphatic heterocycles. The summed E-state index contributed by atoms with van der Waals surface area (Å²) >= 11 is 3.14. The molecule has 1 N–H and O–H groups in total. The van der Waals surface area contributed by atoms with Gasteiger partial charge in [-0.15, -0.1) is 22.7 Å². The highest BCUT2D eigenvalue weighted by molar-refractivity contribution is 7.14. The predicted octanol–water partition coefficient (Wildman–Crippen LogP) is 4.72. The van der Waals surface area contributed by atoms with Gasteiger partial charge in [0.15, 0.2) is 5.13 Å². The van der Waals surface area contributed by atoms with Gasteiger partial charge < -0.3 is 10.2 Å². The van der Waals surface area contributed by atoms with Gasteiger partial charge in [0, 0.05) is 29.7 Å². The number of anilines is 2. The molecular weight excluding hydrogens is 338 g/mol. The monoisotopic (exact) mass is 355 g/mol. The molecule has 24 heavy (non-hydrogen) atoms. The summed E-state index contributed by atoms with van der Waals surface area (Å²) in [5.41, 5.74) is 2.87. The normalized spacial score (nSPS) is 14.1. The molecule has 1 aliphatic rings. The third-order valence-electron chi connectivity index (χ3n) is 4.05. The van der Waals surface area contributed by atoms with E-state index in [1.165, 1.54) is 24.2 Å². The number of thiophene rings is 1. The Kier molecular flexibility index (Phi) is 4.32. The second-order valence-electron chi connectivity index (χ2n) is 5.72. The lowest BCUT2D eigenvalue weighted by atomic mass is 10.1. The molecule has 0 bridgehead atoms. The van der Waals surface area contributed by atoms with Crippen LogP contribution in [-0.4, -0.2) is 24.0 Å². The minimum absolute atomic E-state index is 0.0669. The molecule has 0 radical (unpaired) electrons. The van der Waals surface area contributed by atoms with Crippen LogP contribution in [0.5, 0.6) is 0 Å². The minimum Gasteiger partial charge on any atom is -0.348 e. The molecule has 0 saturated carbocycles. The zero-order chi connectivity index (χ0) is 16.4. The molecule has 3 aromatic rings. The molecule has 6 heteroatoms. The first kappa shape index (κ1) is 15.4. The number of thiazole rings is 1. The lowest BCUT2D eigenvalue weighted by Crippen LogP contribution is -2.17. The van der Waals surface area contributed by atoms with Gasteiger partial charge in [-0.25, -0.2) is 4.98 Å². The summed E-state index contributed by atoms with van der Waals surface area (Å²) in [7, 11) is 0. The molecule has 3 heterocycles. The van der Waals surface area contributed by atoms with Gasteiger partial charge in [-0.2, -0.15) is 0 Å². The van der Waals surface area contributed by atoms with Crippen molar-refractivity contribution in [3.8, 4) is 11.3 Å². The van der Waals surface area contributed by atoms with Crippen LogP contribution in [0.15, 0.2) is 47.2 Å². The van der Waals surface area contributed by atoms with Crippen molar-refractivity contribution in [1.29, 1.82) is 0 Å². The van der Waals surface area contributed by atoms with Crippen molar-refractivity contribution in [2.45, 2.75) is 12.8 Å². The van der Waals surface area contributed by atoms with Crippen molar-refractivity contribution in [1.82, 2.24) is 4.98 Å². The maximum atomic E-state index is 12.1. The van der Waals surface area contributed by atoms with Gasteiger partial charge in [0.2, 0.25) is 0 Å². The lowest BCUT2D eigenvalue weighted by molar-refractivity contribution is 0.103. The fraction of sp³-hybridized carbons (Fsp3) is 0.222. The van der Waals surface area contributed by atoms with Gasteiger partial charge in [0.25, 0.3) is 5.91 Å². The van der Waals surface area contributed by atoms with Gasteiger partial charge in [-0.3, -0.25) is 4.79 Å². The first-order valence-electron chi connectivity index (χ1n) is 7.95. The molecule has 1 amide bonds. The highest BCUT2D eigenvalue weighted by Crippen LogP contribution is 2.30. The zero-order valence-corrected chi connectivity index (χ0v) is 14.7. The Labute approximate surface area is 148 Å². The topological polar surface area (TPSA) is 45.2 Å². The largest absolute Gasteiger partial charge is 0.348 e. The summed E-state index contributed by atoms with van der Waals surface area (Å²) in [6, 6.07) is 11.6. The van der Waals surface area contributed by atoms with Crippen LogP contribution in [0.4, 0.5) is 10.8 Å². The summed E-state index contributed by atoms with van der Waals surface area (Å²) in [5, 5.41) is 8.03. The number of nitrogens with zero attached hydrogens (tertiary/aromatic N) is 2. The number of benzene rings is 1. The van der Waals surface area contributed by atoms with Crippen LogP contribution in [0, 0.1) is 0 Å². The first-order chi connectivity index (χ1) is 11.8. The third-order valence-corrected chi connectivity index (χ3v) is 5.82. The van der Waals surface area contributed by atoms with Crippen molar-refractivity contribution in [3.63, 3.8) is 0 Å². The summed E-state index contributed by atoms with van der Waals surface area (Å²) in [4.78, 5) is 19.9. The Morgan fingerprint density at radius 2 is 1.88 bits per heavy atom. The number of hydrogen-bond acceptors (Lipinski definition) is 5. The average molecular weight is 355 g/mol. The van der Waals surface area contributed by atoms with Crippen molar-refractivity contribution < 1.29 is 4.79 Å². The van der Waals surface area contributed by atoms with E-state index in [4.69, 9.17) is 4.98 Å². The van der Waals surface area contributed by atoms with Crippen LogP contribution < -0.4 is 10.2 Å². The quantitative estimate of drug-likeness (QED) is 0.736. The van der Waals surface area contributed by atoms with Gasteiger partial charge >= 0.3 is 0 Å². The SMILES string of the molecule is O=C(Nc1ccc(-c2csc(N3CCCC3)n2)cc1)c1cccs1. The Morgan fingerprint density at radius 1 is 1.08 bits per heavy atom. The average Bonchev–Trinajstić information content (AvgIpc) is 3.35. The van der Waals surface area contributed by atoms with E-state index in [1.54, 1.807) is 11.3 Å². The Hall–Kier alpha value is -2.18. The number of carbonyl (C=O) groups excluding carboxylic acids is 1. The molecule has 0 spiro atoms. The fourth-order valence-electron chi connectivity index (χ4n) is 2.78. The number of rotatable bonds is 4. The summed E-state index contributed by atoms with van der Waals surface area (Å²) in [6.07, 6.45) is 2.51. The smallest absolute Gasteiger partial charge is 0.265 e. The van der Waals surface area contributed by atoms with E-state index in [9.17, 15) is 4.79 Å². The van der Waals surface area contributed by atoms with Crippen LogP contribution in [0.1, 0.15) is 22.5 Å². The van der Waals surface area contributed by atoms with Crippen molar-refractivity contribution in [2.24, 2.45) is 0 Å². The number of amides is 1. The summed E-state index contributed by atoms with van der Waals surface area (Å²) in [5.74, 6) is -0.0669. The standard InChI is InChI=1S/C18H17N3OS2/c22-17(16-4-3-11-23-16)19-14-7-5-13(6-8-14)15-12-24-18(20-15)21-9-1-2-10-21/h3-8,11-12H,1-2,9-10H2,(H,19,22). The van der Waals surface area contributed by atoms with Crippen LogP contribution in [0.25, 0.3) is 11.3 Å². The molecule has 2 aromatic heterocycles. The van der Waals surface area contributed by atoms with Crippen LogP contribution in [0.3, 0.4) is 0 Å². The van der Waals surface area contributed by atoms with Crippen LogP contribution >= 0.6 is 22.7 Å². The Morgan fingerprint density at radius 3 is 2.58 bits per heavy atom. The number of nitrogens with one attached hydrogen (secondary N) is 1. The highest BCUT2D eigenvalue weighted by atomic mass is 32.1. The molecule has 1 fully saturated rings. The molecule has 4 rings (SSSR count). The van der Waals surface area contributed by atoms with Gasteiger partial charge in [0.1, 0.15) is 0 Å². The van der Waals surface area contributed by atoms with E-state index in [0.29, 0.717) is 4.88 Å². The van der Waals surface area contributed by atoms with Gasteiger partial charge in [-0.1, -0.05) is 18.2 Å². The Bertz CT molecular complexity index is 818. The number of carbonyl (C=O) groups is 1. The predicted molar refractivity (Wildman–Crippen MR) is 101 cm³/mol. The maximum Gasteiger partial charge on any atom is 0.265 e. The zero-order valence-electron chi connectivity index (χ0n) is 13.1. The highest BCUT2D eigenvalue weighted by Gasteiger charge is 2.16. The first-order valence-corrected chi connectivity index (χ1v) is 9.71. The van der Waals surface area contributed by atoms with Gasteiger partial charge in [-0.05, 0) is 36.4 Å². The van der Waals surface area contributed by atoms with E-state index >= 15 is 0 Å². The van der Waals surface area contributed by atoms with E-state index < -0.39 is 0 Å². The third kappa shape index (κ3) is 3.20. The lowest BCUT2D eigenvalue weighted by Gasteiger charge is -2.12. The molecule has 0 aliphatic carbocycles. The Balaban J connectivity index is 1.46. The molecule has 122 valence electrons. The molecule has 1 aromatic carbocycles. The minimum atomic E-state index is -0.0669. The van der Waals surface area contributed by atoms with E-state index in [-0.39, 0.29) is 5.91 Å². The van der Waals surface area contributed by atoms with E-state index in [0.717, 1.165) is 35.2 Å². The van der Waals surface area contributed by atoms with Crippen molar-refractivity contribution >= 4 is 39.4 Å². The second-order valence-corrected chi connectivity index (χ2v) is 7.50. The molecule has 4 nitrogen and oxygen atoms in total. The maximum absolute atomic E-state index is 12.1. The number of hydrogen-bond donors (Lipinski definition) is 1.